The summed E-state index contributed by atoms with van der Waals surface area (Å²) in [6.07, 6.45) is 5.09. The fourth-order valence-corrected chi connectivity index (χ4v) is 3.77. The van der Waals surface area contributed by atoms with Gasteiger partial charge in [-0.3, -0.25) is 4.99 Å². The van der Waals surface area contributed by atoms with Crippen LogP contribution in [0.15, 0.2) is 4.99 Å². The van der Waals surface area contributed by atoms with Crippen LogP contribution in [-0.2, 0) is 6.42 Å². The summed E-state index contributed by atoms with van der Waals surface area (Å²) in [5, 5.41) is 7.95. The van der Waals surface area contributed by atoms with E-state index in [-0.39, 0.29) is 0 Å². The Bertz CT molecular complexity index is 477. The SMILES string of the molecule is CN=C(NCCc1sc(C)nc1C)NCCN1CCCCC1. The molecule has 0 saturated carbocycles. The molecule has 0 amide bonds. The molecule has 0 atom stereocenters. The normalized spacial score (nSPS) is 16.8. The largest absolute Gasteiger partial charge is 0.356 e. The van der Waals surface area contributed by atoms with Crippen LogP contribution in [0.5, 0.6) is 0 Å². The quantitative estimate of drug-likeness (QED) is 0.621. The van der Waals surface area contributed by atoms with Crippen molar-refractivity contribution in [2.45, 2.75) is 39.5 Å². The van der Waals surface area contributed by atoms with Crippen molar-refractivity contribution in [2.24, 2.45) is 4.99 Å². The van der Waals surface area contributed by atoms with Gasteiger partial charge in [0.2, 0.25) is 0 Å². The summed E-state index contributed by atoms with van der Waals surface area (Å²) >= 11 is 1.79. The van der Waals surface area contributed by atoms with Gasteiger partial charge < -0.3 is 15.5 Å². The molecule has 22 heavy (non-hydrogen) atoms. The second-order valence-corrected chi connectivity index (χ2v) is 7.11. The smallest absolute Gasteiger partial charge is 0.191 e. The highest BCUT2D eigenvalue weighted by atomic mass is 32.1. The number of aryl methyl sites for hydroxylation is 2. The monoisotopic (exact) mass is 323 g/mol. The van der Waals surface area contributed by atoms with Gasteiger partial charge in [0.25, 0.3) is 0 Å². The maximum absolute atomic E-state index is 4.47. The van der Waals surface area contributed by atoms with E-state index in [2.05, 4.69) is 39.4 Å². The molecule has 2 N–H and O–H groups in total. The van der Waals surface area contributed by atoms with Gasteiger partial charge >= 0.3 is 0 Å². The highest BCUT2D eigenvalue weighted by Gasteiger charge is 2.09. The Morgan fingerprint density at radius 3 is 2.55 bits per heavy atom. The lowest BCUT2D eigenvalue weighted by atomic mass is 10.1. The van der Waals surface area contributed by atoms with Crippen molar-refractivity contribution in [1.82, 2.24) is 20.5 Å². The van der Waals surface area contributed by atoms with E-state index < -0.39 is 0 Å². The van der Waals surface area contributed by atoms with Crippen LogP contribution in [0.1, 0.15) is 34.8 Å². The maximum atomic E-state index is 4.47. The molecule has 0 aromatic carbocycles. The van der Waals surface area contributed by atoms with Crippen molar-refractivity contribution in [1.29, 1.82) is 0 Å². The van der Waals surface area contributed by atoms with Crippen LogP contribution in [-0.4, -0.2) is 55.6 Å². The van der Waals surface area contributed by atoms with Gasteiger partial charge in [-0.15, -0.1) is 11.3 Å². The average molecular weight is 324 g/mol. The first-order valence-electron chi connectivity index (χ1n) is 8.29. The van der Waals surface area contributed by atoms with Gasteiger partial charge in [0.1, 0.15) is 0 Å². The number of rotatable bonds is 6. The van der Waals surface area contributed by atoms with E-state index >= 15 is 0 Å². The van der Waals surface area contributed by atoms with Crippen LogP contribution in [0, 0.1) is 13.8 Å². The number of likely N-dealkylation sites (tertiary alicyclic amines) is 1. The minimum atomic E-state index is 0.895. The third kappa shape index (κ3) is 5.57. The first kappa shape index (κ1) is 17.2. The molecule has 1 aromatic heterocycles. The highest BCUT2D eigenvalue weighted by molar-refractivity contribution is 7.11. The van der Waals surface area contributed by atoms with Gasteiger partial charge in [0, 0.05) is 38.0 Å². The molecule has 0 unspecified atom stereocenters. The first-order valence-corrected chi connectivity index (χ1v) is 9.10. The number of hydrogen-bond acceptors (Lipinski definition) is 4. The lowest BCUT2D eigenvalue weighted by Gasteiger charge is -2.26. The molecule has 0 spiro atoms. The Kier molecular flexibility index (Phi) is 7.12. The molecule has 124 valence electrons. The molecule has 2 heterocycles. The summed E-state index contributed by atoms with van der Waals surface area (Å²) in [5.74, 6) is 0.899. The molecule has 1 aliphatic rings. The minimum Gasteiger partial charge on any atom is -0.356 e. The Morgan fingerprint density at radius 1 is 1.18 bits per heavy atom. The number of nitrogens with one attached hydrogen (secondary N) is 2. The molecule has 1 saturated heterocycles. The number of piperidine rings is 1. The average Bonchev–Trinajstić information content (AvgIpc) is 2.84. The van der Waals surface area contributed by atoms with Crippen LogP contribution in [0.2, 0.25) is 0 Å². The van der Waals surface area contributed by atoms with Crippen molar-refractivity contribution in [3.63, 3.8) is 0 Å². The number of guanidine groups is 1. The second kappa shape index (κ2) is 9.10. The van der Waals surface area contributed by atoms with Crippen molar-refractivity contribution in [3.05, 3.63) is 15.6 Å². The van der Waals surface area contributed by atoms with Crippen LogP contribution in [0.3, 0.4) is 0 Å². The third-order valence-corrected chi connectivity index (χ3v) is 5.17. The lowest BCUT2D eigenvalue weighted by molar-refractivity contribution is 0.232. The molecule has 2 rings (SSSR count). The summed E-state index contributed by atoms with van der Waals surface area (Å²) in [5.41, 5.74) is 1.16. The molecule has 1 aliphatic heterocycles. The fraction of sp³-hybridized carbons (Fsp3) is 0.750. The standard InChI is InChI=1S/C16H29N5S/c1-13-15(22-14(2)20-13)7-8-18-16(17-3)19-9-12-21-10-5-4-6-11-21/h4-12H2,1-3H3,(H2,17,18,19). The fourth-order valence-electron chi connectivity index (χ4n) is 2.84. The Morgan fingerprint density at radius 2 is 1.91 bits per heavy atom. The zero-order valence-corrected chi connectivity index (χ0v) is 14.9. The molecule has 1 fully saturated rings. The summed E-state index contributed by atoms with van der Waals surface area (Å²) < 4.78 is 0. The predicted octanol–water partition coefficient (Wildman–Crippen LogP) is 1.95. The lowest BCUT2D eigenvalue weighted by Crippen LogP contribution is -2.43. The van der Waals surface area contributed by atoms with Gasteiger partial charge in [0.05, 0.1) is 10.7 Å². The zero-order chi connectivity index (χ0) is 15.8. The van der Waals surface area contributed by atoms with Crippen molar-refractivity contribution in [3.8, 4) is 0 Å². The Balaban J connectivity index is 1.63. The summed E-state index contributed by atoms with van der Waals surface area (Å²) in [6, 6.07) is 0. The molecule has 6 heteroatoms. The number of aliphatic imine (C=N–C) groups is 1. The van der Waals surface area contributed by atoms with E-state index in [0.29, 0.717) is 0 Å². The Labute approximate surface area is 138 Å². The molecule has 0 radical (unpaired) electrons. The molecule has 0 aliphatic carbocycles. The molecule has 5 nitrogen and oxygen atoms in total. The topological polar surface area (TPSA) is 52.6 Å². The van der Waals surface area contributed by atoms with E-state index in [9.17, 15) is 0 Å². The van der Waals surface area contributed by atoms with Gasteiger partial charge in [-0.1, -0.05) is 6.42 Å². The summed E-state index contributed by atoms with van der Waals surface area (Å²) in [6.45, 7) is 9.60. The summed E-state index contributed by atoms with van der Waals surface area (Å²) in [7, 11) is 1.83. The molecule has 1 aromatic rings. The van der Waals surface area contributed by atoms with E-state index in [1.54, 1.807) is 11.3 Å². The van der Waals surface area contributed by atoms with Crippen LogP contribution in [0.25, 0.3) is 0 Å². The van der Waals surface area contributed by atoms with Crippen LogP contribution < -0.4 is 10.6 Å². The number of aromatic nitrogens is 1. The van der Waals surface area contributed by atoms with Crippen molar-refractivity contribution in [2.75, 3.05) is 39.8 Å². The third-order valence-electron chi connectivity index (χ3n) is 4.04. The number of hydrogen-bond donors (Lipinski definition) is 2. The van der Waals surface area contributed by atoms with E-state index in [4.69, 9.17) is 0 Å². The maximum Gasteiger partial charge on any atom is 0.191 e. The Hall–Kier alpha value is -1.14. The van der Waals surface area contributed by atoms with Crippen LogP contribution in [0.4, 0.5) is 0 Å². The van der Waals surface area contributed by atoms with Crippen molar-refractivity contribution < 1.29 is 0 Å². The first-order chi connectivity index (χ1) is 10.7. The van der Waals surface area contributed by atoms with Gasteiger partial charge in [-0.2, -0.15) is 0 Å². The second-order valence-electron chi connectivity index (χ2n) is 5.82. The van der Waals surface area contributed by atoms with Crippen molar-refractivity contribution >= 4 is 17.3 Å². The van der Waals surface area contributed by atoms with E-state index in [1.807, 2.05) is 7.05 Å². The number of nitrogens with zero attached hydrogens (tertiary/aromatic N) is 3. The van der Waals surface area contributed by atoms with Gasteiger partial charge in [-0.05, 0) is 39.8 Å². The molecular formula is C16H29N5S. The molecular weight excluding hydrogens is 294 g/mol. The minimum absolute atomic E-state index is 0.895. The van der Waals surface area contributed by atoms with E-state index in [1.165, 1.54) is 37.2 Å². The zero-order valence-electron chi connectivity index (χ0n) is 14.1. The number of thiazole rings is 1. The predicted molar refractivity (Wildman–Crippen MR) is 94.9 cm³/mol. The van der Waals surface area contributed by atoms with Gasteiger partial charge in [-0.25, -0.2) is 4.98 Å². The van der Waals surface area contributed by atoms with Gasteiger partial charge in [0.15, 0.2) is 5.96 Å². The van der Waals surface area contributed by atoms with E-state index in [0.717, 1.165) is 42.7 Å². The highest BCUT2D eigenvalue weighted by Crippen LogP contribution is 2.16. The molecule has 0 bridgehead atoms. The van der Waals surface area contributed by atoms with Crippen LogP contribution >= 0.6 is 11.3 Å². The summed E-state index contributed by atoms with van der Waals surface area (Å²) in [4.78, 5) is 12.7.